The molecule has 0 bridgehead atoms. The van der Waals surface area contributed by atoms with Gasteiger partial charge in [-0.2, -0.15) is 0 Å². The van der Waals surface area contributed by atoms with Gasteiger partial charge in [-0.25, -0.2) is 0 Å². The predicted octanol–water partition coefficient (Wildman–Crippen LogP) is 3.83. The van der Waals surface area contributed by atoms with E-state index < -0.39 is 0 Å². The number of carbonyl (C=O) groups is 1. The largest absolute Gasteiger partial charge is 0.399 e. The number of hydrogen-bond donors (Lipinski definition) is 2. The fourth-order valence-corrected chi connectivity index (χ4v) is 2.54. The number of aromatic nitrogens is 1. The highest BCUT2D eigenvalue weighted by Gasteiger charge is 2.12. The smallest absolute Gasteiger partial charge is 0.256 e. The maximum atomic E-state index is 12.4. The van der Waals surface area contributed by atoms with Gasteiger partial charge in [-0.1, -0.05) is 18.2 Å². The number of fused-ring (bicyclic) bond motifs is 1. The molecule has 5 heteroatoms. The van der Waals surface area contributed by atoms with E-state index in [9.17, 15) is 4.79 Å². The van der Waals surface area contributed by atoms with Crippen LogP contribution in [0.4, 0.5) is 11.4 Å². The van der Waals surface area contributed by atoms with Crippen LogP contribution in [-0.4, -0.2) is 10.9 Å². The summed E-state index contributed by atoms with van der Waals surface area (Å²) in [6.07, 6.45) is 1.70. The van der Waals surface area contributed by atoms with Crippen molar-refractivity contribution in [2.45, 2.75) is 0 Å². The Kier molecular flexibility index (Phi) is 3.58. The summed E-state index contributed by atoms with van der Waals surface area (Å²) in [5.41, 5.74) is 8.20. The van der Waals surface area contributed by atoms with Gasteiger partial charge >= 0.3 is 0 Å². The number of para-hydroxylation sites is 1. The first kappa shape index (κ1) is 13.6. The Bertz CT molecular complexity index is 827. The average Bonchev–Trinajstić information content (AvgIpc) is 2.50. The molecule has 1 heterocycles. The molecule has 0 aliphatic heterocycles. The molecule has 0 saturated carbocycles. The number of nitrogen functional groups attached to an aromatic ring is 1. The van der Waals surface area contributed by atoms with Crippen molar-refractivity contribution in [3.05, 3.63) is 64.8 Å². The van der Waals surface area contributed by atoms with Gasteiger partial charge in [-0.3, -0.25) is 9.78 Å². The van der Waals surface area contributed by atoms with Crippen molar-refractivity contribution in [3.8, 4) is 0 Å². The normalized spacial score (nSPS) is 10.5. The highest BCUT2D eigenvalue weighted by molar-refractivity contribution is 9.10. The number of pyridine rings is 1. The number of benzene rings is 2. The molecule has 3 aromatic rings. The molecule has 0 fully saturated rings. The van der Waals surface area contributed by atoms with Crippen molar-refractivity contribution in [2.75, 3.05) is 11.1 Å². The molecule has 1 aromatic heterocycles. The Morgan fingerprint density at radius 3 is 2.81 bits per heavy atom. The van der Waals surface area contributed by atoms with Gasteiger partial charge < -0.3 is 11.1 Å². The first-order valence-corrected chi connectivity index (χ1v) is 7.14. The zero-order valence-corrected chi connectivity index (χ0v) is 12.6. The molecule has 0 unspecified atom stereocenters. The summed E-state index contributed by atoms with van der Waals surface area (Å²) in [6, 6.07) is 14.6. The first-order chi connectivity index (χ1) is 10.1. The number of anilines is 2. The van der Waals surface area contributed by atoms with Crippen LogP contribution in [0.25, 0.3) is 10.9 Å². The van der Waals surface area contributed by atoms with E-state index in [1.54, 1.807) is 24.4 Å². The fourth-order valence-electron chi connectivity index (χ4n) is 2.11. The Labute approximate surface area is 130 Å². The zero-order chi connectivity index (χ0) is 14.8. The van der Waals surface area contributed by atoms with Gasteiger partial charge in [-0.15, -0.1) is 0 Å². The van der Waals surface area contributed by atoms with Gasteiger partial charge in [0.15, 0.2) is 0 Å². The van der Waals surface area contributed by atoms with Crippen LogP contribution in [0, 0.1) is 0 Å². The van der Waals surface area contributed by atoms with E-state index in [2.05, 4.69) is 26.2 Å². The summed E-state index contributed by atoms with van der Waals surface area (Å²) in [7, 11) is 0. The molecule has 4 nitrogen and oxygen atoms in total. The van der Waals surface area contributed by atoms with Gasteiger partial charge in [0, 0.05) is 21.7 Å². The summed E-state index contributed by atoms with van der Waals surface area (Å²) in [5, 5.41) is 3.86. The first-order valence-electron chi connectivity index (χ1n) is 6.35. The molecule has 3 rings (SSSR count). The molecular formula is C16H12BrN3O. The number of hydrogen-bond acceptors (Lipinski definition) is 3. The van der Waals surface area contributed by atoms with E-state index >= 15 is 0 Å². The van der Waals surface area contributed by atoms with Crippen molar-refractivity contribution in [3.63, 3.8) is 0 Å². The molecule has 1 amide bonds. The van der Waals surface area contributed by atoms with E-state index in [0.29, 0.717) is 21.4 Å². The van der Waals surface area contributed by atoms with E-state index in [0.717, 1.165) is 10.9 Å². The minimum atomic E-state index is -0.229. The Hall–Kier alpha value is -2.40. The molecule has 104 valence electrons. The SMILES string of the molecule is Nc1ccc(Br)c(C(=O)Nc2cccc3cccnc23)c1. The highest BCUT2D eigenvalue weighted by Crippen LogP contribution is 2.24. The molecule has 3 N–H and O–H groups in total. The van der Waals surface area contributed by atoms with Gasteiger partial charge in [0.2, 0.25) is 0 Å². The predicted molar refractivity (Wildman–Crippen MR) is 88.3 cm³/mol. The quantitative estimate of drug-likeness (QED) is 0.696. The highest BCUT2D eigenvalue weighted by atomic mass is 79.9. The molecule has 0 atom stereocenters. The lowest BCUT2D eigenvalue weighted by Gasteiger charge is -2.09. The average molecular weight is 342 g/mol. The van der Waals surface area contributed by atoms with Gasteiger partial charge in [0.25, 0.3) is 5.91 Å². The number of nitrogens with zero attached hydrogens (tertiary/aromatic N) is 1. The number of rotatable bonds is 2. The van der Waals surface area contributed by atoms with Crippen molar-refractivity contribution >= 4 is 44.1 Å². The lowest BCUT2D eigenvalue weighted by Crippen LogP contribution is -2.13. The molecule has 0 radical (unpaired) electrons. The number of amides is 1. The summed E-state index contributed by atoms with van der Waals surface area (Å²) in [4.78, 5) is 16.7. The lowest BCUT2D eigenvalue weighted by atomic mass is 10.1. The molecule has 2 aromatic carbocycles. The minimum Gasteiger partial charge on any atom is -0.399 e. The number of nitrogens with two attached hydrogens (primary N) is 1. The summed E-state index contributed by atoms with van der Waals surface area (Å²) in [6.45, 7) is 0. The molecule has 0 aliphatic carbocycles. The monoisotopic (exact) mass is 341 g/mol. The number of halogens is 1. The van der Waals surface area contributed by atoms with Crippen LogP contribution in [0.15, 0.2) is 59.2 Å². The van der Waals surface area contributed by atoms with Gasteiger partial charge in [0.05, 0.1) is 16.8 Å². The molecule has 0 spiro atoms. The van der Waals surface area contributed by atoms with Crippen LogP contribution in [0.2, 0.25) is 0 Å². The summed E-state index contributed by atoms with van der Waals surface area (Å²) >= 11 is 3.36. The second-order valence-electron chi connectivity index (χ2n) is 4.57. The Morgan fingerprint density at radius 1 is 1.14 bits per heavy atom. The van der Waals surface area contributed by atoms with Crippen molar-refractivity contribution in [1.29, 1.82) is 0 Å². The van der Waals surface area contributed by atoms with Crippen LogP contribution in [-0.2, 0) is 0 Å². The van der Waals surface area contributed by atoms with E-state index in [-0.39, 0.29) is 5.91 Å². The van der Waals surface area contributed by atoms with Crippen LogP contribution in [0.3, 0.4) is 0 Å². The molecule has 0 aliphatic rings. The van der Waals surface area contributed by atoms with Crippen LogP contribution in [0.1, 0.15) is 10.4 Å². The zero-order valence-electron chi connectivity index (χ0n) is 11.0. The topological polar surface area (TPSA) is 68.0 Å². The maximum Gasteiger partial charge on any atom is 0.256 e. The fraction of sp³-hybridized carbons (Fsp3) is 0. The molecule has 0 saturated heterocycles. The lowest BCUT2D eigenvalue weighted by molar-refractivity contribution is 0.102. The third kappa shape index (κ3) is 2.73. The van der Waals surface area contributed by atoms with Crippen molar-refractivity contribution in [2.24, 2.45) is 0 Å². The van der Waals surface area contributed by atoms with E-state index in [1.807, 2.05) is 30.3 Å². The van der Waals surface area contributed by atoms with Crippen LogP contribution in [0.5, 0.6) is 0 Å². The van der Waals surface area contributed by atoms with Crippen molar-refractivity contribution in [1.82, 2.24) is 4.98 Å². The number of nitrogens with one attached hydrogen (secondary N) is 1. The summed E-state index contributed by atoms with van der Waals surface area (Å²) in [5.74, 6) is -0.229. The summed E-state index contributed by atoms with van der Waals surface area (Å²) < 4.78 is 0.697. The van der Waals surface area contributed by atoms with Crippen LogP contribution < -0.4 is 11.1 Å². The standard InChI is InChI=1S/C16H12BrN3O/c17-13-7-6-11(18)9-12(13)16(21)20-14-5-1-3-10-4-2-8-19-15(10)14/h1-9H,18H2,(H,20,21). The molecular weight excluding hydrogens is 330 g/mol. The Morgan fingerprint density at radius 2 is 1.95 bits per heavy atom. The van der Waals surface area contributed by atoms with E-state index in [1.165, 1.54) is 0 Å². The third-order valence-corrected chi connectivity index (χ3v) is 3.81. The van der Waals surface area contributed by atoms with Crippen molar-refractivity contribution < 1.29 is 4.79 Å². The maximum absolute atomic E-state index is 12.4. The second-order valence-corrected chi connectivity index (χ2v) is 5.43. The minimum absolute atomic E-state index is 0.229. The number of carbonyl (C=O) groups excluding carboxylic acids is 1. The second kappa shape index (κ2) is 5.54. The third-order valence-electron chi connectivity index (χ3n) is 3.12. The van der Waals surface area contributed by atoms with E-state index in [4.69, 9.17) is 5.73 Å². The molecule has 21 heavy (non-hydrogen) atoms. The Balaban J connectivity index is 1.99. The van der Waals surface area contributed by atoms with Crippen LogP contribution >= 0.6 is 15.9 Å². The van der Waals surface area contributed by atoms with Gasteiger partial charge in [0.1, 0.15) is 0 Å². The van der Waals surface area contributed by atoms with Gasteiger partial charge in [-0.05, 0) is 46.3 Å².